The van der Waals surface area contributed by atoms with Crippen molar-refractivity contribution in [3.8, 4) is 0 Å². The van der Waals surface area contributed by atoms with Crippen LogP contribution in [0.15, 0.2) is 17.8 Å². The van der Waals surface area contributed by atoms with Crippen molar-refractivity contribution < 1.29 is 0 Å². The fourth-order valence-electron chi connectivity index (χ4n) is 2.57. The van der Waals surface area contributed by atoms with Gasteiger partial charge in [0.2, 0.25) is 0 Å². The summed E-state index contributed by atoms with van der Waals surface area (Å²) in [5, 5.41) is 6.55. The first-order valence-electron chi connectivity index (χ1n) is 5.99. The van der Waals surface area contributed by atoms with Crippen LogP contribution in [0.1, 0.15) is 12.8 Å². The number of likely N-dealkylation sites (N-methyl/N-ethyl adjacent to an activating group) is 1. The van der Waals surface area contributed by atoms with Gasteiger partial charge in [-0.05, 0) is 31.3 Å². The molecular formula is C12H16N4S. The largest absolute Gasteiger partial charge is 0.352 e. The minimum atomic E-state index is 0.568. The summed E-state index contributed by atoms with van der Waals surface area (Å²) in [6.45, 7) is 2.13. The van der Waals surface area contributed by atoms with Gasteiger partial charge < -0.3 is 10.2 Å². The lowest BCUT2D eigenvalue weighted by Crippen LogP contribution is -2.37. The summed E-state index contributed by atoms with van der Waals surface area (Å²) in [6.07, 6.45) is 4.18. The van der Waals surface area contributed by atoms with Gasteiger partial charge in [0.25, 0.3) is 0 Å². The second-order valence-electron chi connectivity index (χ2n) is 4.38. The molecule has 1 aliphatic heterocycles. The molecular weight excluding hydrogens is 232 g/mol. The second-order valence-corrected chi connectivity index (χ2v) is 5.28. The topological polar surface area (TPSA) is 41.0 Å². The molecule has 1 atom stereocenters. The van der Waals surface area contributed by atoms with E-state index >= 15 is 0 Å². The third-order valence-electron chi connectivity index (χ3n) is 3.33. The van der Waals surface area contributed by atoms with E-state index in [4.69, 9.17) is 0 Å². The number of hydrogen-bond acceptors (Lipinski definition) is 5. The monoisotopic (exact) mass is 248 g/mol. The molecule has 5 heteroatoms. The molecule has 4 nitrogen and oxygen atoms in total. The van der Waals surface area contributed by atoms with Crippen molar-refractivity contribution in [3.63, 3.8) is 0 Å². The van der Waals surface area contributed by atoms with E-state index in [1.165, 1.54) is 18.2 Å². The van der Waals surface area contributed by atoms with Crippen LogP contribution >= 0.6 is 11.3 Å². The average molecular weight is 248 g/mol. The number of aromatic nitrogens is 2. The van der Waals surface area contributed by atoms with Crippen molar-refractivity contribution in [1.29, 1.82) is 0 Å². The number of nitrogens with one attached hydrogen (secondary N) is 1. The lowest BCUT2D eigenvalue weighted by Gasteiger charge is -2.25. The van der Waals surface area contributed by atoms with Gasteiger partial charge in [-0.1, -0.05) is 0 Å². The van der Waals surface area contributed by atoms with E-state index in [1.807, 2.05) is 7.05 Å². The summed E-state index contributed by atoms with van der Waals surface area (Å²) in [7, 11) is 2.01. The average Bonchev–Trinajstić information content (AvgIpc) is 2.96. The number of hydrogen-bond donors (Lipinski definition) is 1. The van der Waals surface area contributed by atoms with Crippen LogP contribution < -0.4 is 10.2 Å². The van der Waals surface area contributed by atoms with Crippen LogP contribution in [0.2, 0.25) is 0 Å². The van der Waals surface area contributed by atoms with E-state index in [1.54, 1.807) is 17.7 Å². The molecule has 1 saturated heterocycles. The molecule has 0 radical (unpaired) electrons. The Hall–Kier alpha value is -1.20. The quantitative estimate of drug-likeness (QED) is 0.900. The second kappa shape index (κ2) is 4.58. The zero-order valence-corrected chi connectivity index (χ0v) is 10.7. The SMILES string of the molecule is CNCC1CCCN1c1ncnc2sccc12. The van der Waals surface area contributed by atoms with Gasteiger partial charge in [0.1, 0.15) is 17.0 Å². The molecule has 1 N–H and O–H groups in total. The number of thiophene rings is 1. The van der Waals surface area contributed by atoms with Crippen molar-refractivity contribution in [2.45, 2.75) is 18.9 Å². The highest BCUT2D eigenvalue weighted by Gasteiger charge is 2.26. The Kier molecular flexibility index (Phi) is 2.94. The van der Waals surface area contributed by atoms with E-state index in [9.17, 15) is 0 Å². The highest BCUT2D eigenvalue weighted by Crippen LogP contribution is 2.31. The van der Waals surface area contributed by atoms with E-state index in [2.05, 4.69) is 31.6 Å². The maximum absolute atomic E-state index is 4.49. The highest BCUT2D eigenvalue weighted by molar-refractivity contribution is 7.16. The van der Waals surface area contributed by atoms with E-state index < -0.39 is 0 Å². The molecule has 0 aromatic carbocycles. The van der Waals surface area contributed by atoms with Crippen molar-refractivity contribution >= 4 is 27.4 Å². The third-order valence-corrected chi connectivity index (χ3v) is 4.15. The summed E-state index contributed by atoms with van der Waals surface area (Å²) in [5.74, 6) is 1.11. The first-order valence-corrected chi connectivity index (χ1v) is 6.87. The molecule has 0 amide bonds. The Morgan fingerprint density at radius 1 is 1.53 bits per heavy atom. The van der Waals surface area contributed by atoms with Crippen molar-refractivity contribution in [2.75, 3.05) is 25.0 Å². The molecule has 0 spiro atoms. The zero-order chi connectivity index (χ0) is 11.7. The molecule has 1 fully saturated rings. The predicted molar refractivity (Wildman–Crippen MR) is 71.7 cm³/mol. The zero-order valence-electron chi connectivity index (χ0n) is 9.89. The molecule has 1 unspecified atom stereocenters. The fraction of sp³-hybridized carbons (Fsp3) is 0.500. The van der Waals surface area contributed by atoms with Crippen LogP contribution in [0.5, 0.6) is 0 Å². The van der Waals surface area contributed by atoms with Gasteiger partial charge in [-0.15, -0.1) is 11.3 Å². The molecule has 2 aromatic heterocycles. The van der Waals surface area contributed by atoms with Gasteiger partial charge in [-0.25, -0.2) is 9.97 Å². The Bertz CT molecular complexity index is 510. The molecule has 1 aliphatic rings. The number of anilines is 1. The van der Waals surface area contributed by atoms with E-state index in [0.29, 0.717) is 6.04 Å². The van der Waals surface area contributed by atoms with Crippen LogP contribution in [0.25, 0.3) is 10.2 Å². The standard InChI is InChI=1S/C12H16N4S/c1-13-7-9-3-2-5-16(9)11-10-4-6-17-12(10)15-8-14-11/h4,6,8-9,13H,2-3,5,7H2,1H3. The maximum atomic E-state index is 4.49. The Labute approximate surface area is 105 Å². The summed E-state index contributed by atoms with van der Waals surface area (Å²) in [5.41, 5.74) is 0. The minimum absolute atomic E-state index is 0.568. The summed E-state index contributed by atoms with van der Waals surface area (Å²) < 4.78 is 0. The molecule has 2 aromatic rings. The van der Waals surface area contributed by atoms with Gasteiger partial charge in [0.05, 0.1) is 5.39 Å². The smallest absolute Gasteiger partial charge is 0.141 e. The van der Waals surface area contributed by atoms with Crippen molar-refractivity contribution in [3.05, 3.63) is 17.8 Å². The van der Waals surface area contributed by atoms with Crippen LogP contribution in [-0.4, -0.2) is 36.1 Å². The van der Waals surface area contributed by atoms with Crippen LogP contribution in [-0.2, 0) is 0 Å². The summed E-state index contributed by atoms with van der Waals surface area (Å²) in [4.78, 5) is 12.3. The van der Waals surface area contributed by atoms with Crippen molar-refractivity contribution in [1.82, 2.24) is 15.3 Å². The first kappa shape index (κ1) is 10.9. The maximum Gasteiger partial charge on any atom is 0.141 e. The molecule has 90 valence electrons. The van der Waals surface area contributed by atoms with E-state index in [-0.39, 0.29) is 0 Å². The van der Waals surface area contributed by atoms with Gasteiger partial charge in [-0.2, -0.15) is 0 Å². The molecule has 3 rings (SSSR count). The Morgan fingerprint density at radius 2 is 2.47 bits per heavy atom. The highest BCUT2D eigenvalue weighted by atomic mass is 32.1. The Morgan fingerprint density at radius 3 is 3.35 bits per heavy atom. The summed E-state index contributed by atoms with van der Waals surface area (Å²) >= 11 is 1.68. The van der Waals surface area contributed by atoms with Gasteiger partial charge in [0, 0.05) is 19.1 Å². The predicted octanol–water partition coefficient (Wildman–Crippen LogP) is 1.88. The molecule has 0 bridgehead atoms. The lowest BCUT2D eigenvalue weighted by molar-refractivity contribution is 0.613. The molecule has 0 aliphatic carbocycles. The molecule has 0 saturated carbocycles. The van der Waals surface area contributed by atoms with E-state index in [0.717, 1.165) is 23.7 Å². The van der Waals surface area contributed by atoms with Crippen LogP contribution in [0.3, 0.4) is 0 Å². The molecule has 3 heterocycles. The number of rotatable bonds is 3. The van der Waals surface area contributed by atoms with Gasteiger partial charge in [-0.3, -0.25) is 0 Å². The number of nitrogens with zero attached hydrogens (tertiary/aromatic N) is 3. The van der Waals surface area contributed by atoms with Gasteiger partial charge in [0.15, 0.2) is 0 Å². The van der Waals surface area contributed by atoms with Gasteiger partial charge >= 0.3 is 0 Å². The van der Waals surface area contributed by atoms with Crippen LogP contribution in [0, 0.1) is 0 Å². The minimum Gasteiger partial charge on any atom is -0.352 e. The Balaban J connectivity index is 1.99. The fourth-order valence-corrected chi connectivity index (χ4v) is 3.30. The number of fused-ring (bicyclic) bond motifs is 1. The van der Waals surface area contributed by atoms with Crippen molar-refractivity contribution in [2.24, 2.45) is 0 Å². The summed E-state index contributed by atoms with van der Waals surface area (Å²) in [6, 6.07) is 2.70. The normalized spacial score (nSPS) is 20.3. The lowest BCUT2D eigenvalue weighted by atomic mass is 10.2. The first-order chi connectivity index (χ1) is 8.40. The van der Waals surface area contributed by atoms with Crippen LogP contribution in [0.4, 0.5) is 5.82 Å². The third kappa shape index (κ3) is 1.89. The molecule has 17 heavy (non-hydrogen) atoms.